The Hall–Kier alpha value is -4.18. The number of para-hydroxylation sites is 2. The highest BCUT2D eigenvalue weighted by atomic mass is 16.5. The van der Waals surface area contributed by atoms with Gasteiger partial charge in [-0.25, -0.2) is 9.97 Å². The number of nitrogens with zero attached hydrogens (tertiary/aromatic N) is 3. The Bertz CT molecular complexity index is 1210. The van der Waals surface area contributed by atoms with Gasteiger partial charge < -0.3 is 31.7 Å². The summed E-state index contributed by atoms with van der Waals surface area (Å²) in [5.74, 6) is -0.298. The second-order valence-corrected chi connectivity index (χ2v) is 7.84. The van der Waals surface area contributed by atoms with Crippen molar-refractivity contribution < 1.29 is 14.3 Å². The van der Waals surface area contributed by atoms with Crippen molar-refractivity contribution >= 4 is 29.0 Å². The number of hydrogen-bond donors (Lipinski definition) is 4. The topological polar surface area (TPSA) is 148 Å². The summed E-state index contributed by atoms with van der Waals surface area (Å²) in [4.78, 5) is 36.7. The van der Waals surface area contributed by atoms with Gasteiger partial charge in [0.05, 0.1) is 35.4 Å². The maximum absolute atomic E-state index is 13.1. The Morgan fingerprint density at radius 1 is 1.15 bits per heavy atom. The first-order chi connectivity index (χ1) is 16.5. The molecular weight excluding hydrogens is 434 g/mol. The zero-order chi connectivity index (χ0) is 24.1. The number of likely N-dealkylation sites (N-methyl/N-ethyl adjacent to an activating group) is 1. The third-order valence-electron chi connectivity index (χ3n) is 5.44. The number of fused-ring (bicyclic) bond motifs is 6. The summed E-state index contributed by atoms with van der Waals surface area (Å²) in [6, 6.07) is 12.5. The lowest BCUT2D eigenvalue weighted by atomic mass is 10.1. The molecule has 3 aromatic rings. The van der Waals surface area contributed by atoms with Gasteiger partial charge in [0, 0.05) is 25.7 Å². The number of carbonyl (C=O) groups excluding carboxylic acids is 2. The summed E-state index contributed by atoms with van der Waals surface area (Å²) in [6.45, 7) is 1.77. The van der Waals surface area contributed by atoms with Crippen LogP contribution in [0.1, 0.15) is 27.3 Å². The lowest BCUT2D eigenvalue weighted by molar-refractivity contribution is 0.0949. The molecule has 0 saturated carbocycles. The van der Waals surface area contributed by atoms with Crippen LogP contribution < -0.4 is 31.7 Å². The number of ether oxygens (including phenoxy) is 1. The van der Waals surface area contributed by atoms with Crippen molar-refractivity contribution in [2.75, 3.05) is 49.2 Å². The molecule has 2 amide bonds. The molecule has 10 nitrogen and oxygen atoms in total. The molecule has 0 unspecified atom stereocenters. The van der Waals surface area contributed by atoms with Crippen LogP contribution in [-0.2, 0) is 0 Å². The van der Waals surface area contributed by atoms with E-state index in [9.17, 15) is 9.59 Å². The summed E-state index contributed by atoms with van der Waals surface area (Å²) < 4.78 is 5.80. The molecule has 1 aromatic heterocycles. The van der Waals surface area contributed by atoms with E-state index < -0.39 is 5.91 Å². The second-order valence-electron chi connectivity index (χ2n) is 7.84. The van der Waals surface area contributed by atoms with Gasteiger partial charge in [-0.2, -0.15) is 0 Å². The first-order valence-corrected chi connectivity index (χ1v) is 11.0. The molecule has 0 fully saturated rings. The normalized spacial score (nSPS) is 13.8. The van der Waals surface area contributed by atoms with Crippen LogP contribution in [0.4, 0.5) is 17.2 Å². The zero-order valence-corrected chi connectivity index (χ0v) is 18.9. The van der Waals surface area contributed by atoms with E-state index in [1.165, 1.54) is 6.20 Å². The molecule has 10 heteroatoms. The minimum atomic E-state index is -0.473. The first kappa shape index (κ1) is 23.0. The highest BCUT2D eigenvalue weighted by molar-refractivity contribution is 6.07. The van der Waals surface area contributed by atoms with Gasteiger partial charge in [-0.1, -0.05) is 12.1 Å². The zero-order valence-electron chi connectivity index (χ0n) is 18.9. The second kappa shape index (κ2) is 10.2. The number of aromatic nitrogens is 2. The Balaban J connectivity index is 1.79. The van der Waals surface area contributed by atoms with E-state index in [1.54, 1.807) is 24.3 Å². The predicted molar refractivity (Wildman–Crippen MR) is 131 cm³/mol. The Kier molecular flexibility index (Phi) is 6.88. The summed E-state index contributed by atoms with van der Waals surface area (Å²) in [6.07, 6.45) is 2.13. The van der Waals surface area contributed by atoms with Crippen molar-refractivity contribution in [3.05, 3.63) is 59.9 Å². The molecule has 6 N–H and O–H groups in total. The van der Waals surface area contributed by atoms with Gasteiger partial charge in [0.1, 0.15) is 5.75 Å². The van der Waals surface area contributed by atoms with Crippen molar-refractivity contribution in [1.82, 2.24) is 15.3 Å². The van der Waals surface area contributed by atoms with E-state index in [4.69, 9.17) is 16.2 Å². The Morgan fingerprint density at radius 2 is 1.97 bits per heavy atom. The quantitative estimate of drug-likeness (QED) is 0.431. The average Bonchev–Trinajstić information content (AvgIpc) is 2.84. The molecule has 4 bridgehead atoms. The minimum absolute atomic E-state index is 0.000832. The standard InChI is InChI=1S/C24H27N7O3/c1-31-11-10-27-23(32)16-13-15(7-8-20(16)34-12-4-9-25)18-14-28-22(26)21(29-18)24(33)30-17-5-2-3-6-19(17)31/h2-3,5-8,13-14H,4,9-12,25H2,1H3,(H2,26,28)(H,27,32)(H,30,33). The number of carbonyl (C=O) groups is 2. The highest BCUT2D eigenvalue weighted by Crippen LogP contribution is 2.28. The Morgan fingerprint density at radius 3 is 2.79 bits per heavy atom. The summed E-state index contributed by atoms with van der Waals surface area (Å²) in [7, 11) is 1.88. The van der Waals surface area contributed by atoms with Crippen molar-refractivity contribution in [2.24, 2.45) is 5.73 Å². The number of nitrogens with one attached hydrogen (secondary N) is 2. The van der Waals surface area contributed by atoms with Crippen LogP contribution in [0.25, 0.3) is 11.3 Å². The molecule has 0 aliphatic carbocycles. The van der Waals surface area contributed by atoms with Gasteiger partial charge in [-0.05, 0) is 43.3 Å². The van der Waals surface area contributed by atoms with Crippen LogP contribution >= 0.6 is 0 Å². The smallest absolute Gasteiger partial charge is 0.278 e. The van der Waals surface area contributed by atoms with Crippen LogP contribution in [0, 0.1) is 0 Å². The molecule has 176 valence electrons. The molecule has 0 saturated heterocycles. The fourth-order valence-electron chi connectivity index (χ4n) is 3.61. The maximum Gasteiger partial charge on any atom is 0.278 e. The molecule has 34 heavy (non-hydrogen) atoms. The number of amides is 2. The molecule has 1 aliphatic heterocycles. The molecule has 2 aromatic carbocycles. The van der Waals surface area contributed by atoms with E-state index in [2.05, 4.69) is 20.6 Å². The lowest BCUT2D eigenvalue weighted by Gasteiger charge is -2.23. The predicted octanol–water partition coefficient (Wildman–Crippen LogP) is 1.89. The molecule has 0 spiro atoms. The molecule has 0 atom stereocenters. The fourth-order valence-corrected chi connectivity index (χ4v) is 3.61. The number of benzene rings is 2. The van der Waals surface area contributed by atoms with Gasteiger partial charge in [0.2, 0.25) is 0 Å². The molecule has 4 rings (SSSR count). The average molecular weight is 462 g/mol. The largest absolute Gasteiger partial charge is 0.493 e. The minimum Gasteiger partial charge on any atom is -0.493 e. The highest BCUT2D eigenvalue weighted by Gasteiger charge is 2.20. The van der Waals surface area contributed by atoms with Crippen molar-refractivity contribution in [2.45, 2.75) is 6.42 Å². The van der Waals surface area contributed by atoms with Crippen molar-refractivity contribution in [1.29, 1.82) is 0 Å². The van der Waals surface area contributed by atoms with Gasteiger partial charge in [0.25, 0.3) is 11.8 Å². The lowest BCUT2D eigenvalue weighted by Crippen LogP contribution is -2.33. The van der Waals surface area contributed by atoms with Crippen LogP contribution in [0.5, 0.6) is 5.75 Å². The fraction of sp³-hybridized carbons (Fsp3) is 0.250. The van der Waals surface area contributed by atoms with Crippen molar-refractivity contribution in [3.63, 3.8) is 0 Å². The van der Waals surface area contributed by atoms with E-state index >= 15 is 0 Å². The monoisotopic (exact) mass is 461 g/mol. The van der Waals surface area contributed by atoms with Crippen LogP contribution in [-0.4, -0.2) is 55.1 Å². The van der Waals surface area contributed by atoms with Crippen LogP contribution in [0.15, 0.2) is 48.7 Å². The third kappa shape index (κ3) is 4.91. The van der Waals surface area contributed by atoms with Gasteiger partial charge in [-0.15, -0.1) is 0 Å². The number of hydrogen-bond acceptors (Lipinski definition) is 8. The van der Waals surface area contributed by atoms with E-state index in [0.717, 1.165) is 5.69 Å². The van der Waals surface area contributed by atoms with Crippen molar-refractivity contribution in [3.8, 4) is 17.0 Å². The Labute approximate surface area is 197 Å². The van der Waals surface area contributed by atoms with Crippen LogP contribution in [0.3, 0.4) is 0 Å². The maximum atomic E-state index is 13.1. The van der Waals surface area contributed by atoms with E-state index in [0.29, 0.717) is 60.9 Å². The van der Waals surface area contributed by atoms with Gasteiger partial charge >= 0.3 is 0 Å². The van der Waals surface area contributed by atoms with Gasteiger partial charge in [-0.3, -0.25) is 9.59 Å². The number of nitrogens with two attached hydrogens (primary N) is 2. The molecule has 2 heterocycles. The third-order valence-corrected chi connectivity index (χ3v) is 5.44. The SMILES string of the molecule is CN1CCNC(=O)c2cc(ccc2OCCCN)-c2cnc(N)c(n2)C(=O)Nc2ccccc21. The molecule has 1 aliphatic rings. The molecular formula is C24H27N7O3. The summed E-state index contributed by atoms with van der Waals surface area (Å²) in [5, 5.41) is 5.83. The number of nitrogen functional groups attached to an aromatic ring is 1. The van der Waals surface area contributed by atoms with Gasteiger partial charge in [0.15, 0.2) is 11.5 Å². The summed E-state index contributed by atoms with van der Waals surface area (Å²) in [5.41, 5.74) is 14.3. The number of anilines is 3. The van der Waals surface area contributed by atoms with Crippen LogP contribution in [0.2, 0.25) is 0 Å². The number of rotatable bonds is 4. The summed E-state index contributed by atoms with van der Waals surface area (Å²) >= 11 is 0. The molecule has 0 radical (unpaired) electrons. The van der Waals surface area contributed by atoms with E-state index in [1.807, 2.05) is 30.1 Å². The first-order valence-electron chi connectivity index (χ1n) is 11.0. The van der Waals surface area contributed by atoms with E-state index in [-0.39, 0.29) is 17.4 Å².